The second-order valence-electron chi connectivity index (χ2n) is 1.61. The zero-order valence-electron chi connectivity index (χ0n) is 6.28. The predicted octanol–water partition coefficient (Wildman–Crippen LogP) is 0.933. The molecule has 0 spiro atoms. The molecule has 60 valence electrons. The number of carbonyl (C=O) groups is 1. The van der Waals surface area contributed by atoms with Gasteiger partial charge in [-0.05, 0) is 18.5 Å². The van der Waals surface area contributed by atoms with E-state index in [4.69, 9.17) is 5.73 Å². The van der Waals surface area contributed by atoms with Crippen LogP contribution >= 0.6 is 11.8 Å². The second-order valence-corrected chi connectivity index (χ2v) is 2.49. The zero-order chi connectivity index (χ0) is 8.69. The van der Waals surface area contributed by atoms with Gasteiger partial charge in [0, 0.05) is 0 Å². The van der Waals surface area contributed by atoms with Crippen LogP contribution in [0.4, 0.5) is 0 Å². The van der Waals surface area contributed by atoms with Crippen LogP contribution in [0.5, 0.6) is 0 Å². The van der Waals surface area contributed by atoms with E-state index in [1.54, 1.807) is 0 Å². The fourth-order valence-electron chi connectivity index (χ4n) is 0.391. The number of hydrogen-bond acceptors (Lipinski definition) is 4. The van der Waals surface area contributed by atoms with E-state index in [-0.39, 0.29) is 5.71 Å². The van der Waals surface area contributed by atoms with Crippen LogP contribution < -0.4 is 5.73 Å². The predicted molar refractivity (Wildman–Crippen MR) is 49.5 cm³/mol. The Morgan fingerprint density at radius 1 is 1.73 bits per heavy atom. The van der Waals surface area contributed by atoms with Crippen molar-refractivity contribution in [3.8, 4) is 0 Å². The first kappa shape index (κ1) is 9.97. The van der Waals surface area contributed by atoms with E-state index >= 15 is 0 Å². The Hall–Kier alpha value is -1.03. The molecule has 0 radical (unpaired) electrons. The Bertz CT molecular complexity index is 208. The number of nitrogens with two attached hydrogens (primary N) is 1. The summed E-state index contributed by atoms with van der Waals surface area (Å²) in [5.41, 5.74) is 5.35. The summed E-state index contributed by atoms with van der Waals surface area (Å²) in [5, 5.41) is 0.588. The quantitative estimate of drug-likeness (QED) is 0.504. The summed E-state index contributed by atoms with van der Waals surface area (Å²) in [5.74, 6) is 0. The minimum Gasteiger partial charge on any atom is -0.405 e. The van der Waals surface area contributed by atoms with Gasteiger partial charge in [0.15, 0.2) is 6.29 Å². The smallest absolute Gasteiger partial charge is 0.168 e. The molecule has 0 heterocycles. The zero-order valence-corrected chi connectivity index (χ0v) is 7.10. The molecule has 0 atom stereocenters. The average Bonchev–Trinajstić information content (AvgIpc) is 2.03. The van der Waals surface area contributed by atoms with Crippen molar-refractivity contribution in [2.24, 2.45) is 10.7 Å². The fourth-order valence-corrected chi connectivity index (χ4v) is 0.588. The Morgan fingerprint density at radius 3 is 2.73 bits per heavy atom. The van der Waals surface area contributed by atoms with Crippen molar-refractivity contribution >= 4 is 23.8 Å². The van der Waals surface area contributed by atoms with Crippen LogP contribution in [-0.2, 0) is 4.79 Å². The van der Waals surface area contributed by atoms with Gasteiger partial charge in [-0.2, -0.15) is 0 Å². The van der Waals surface area contributed by atoms with E-state index in [0.717, 1.165) is 0 Å². The number of allylic oxidation sites excluding steroid dienone is 1. The third-order valence-electron chi connectivity index (χ3n) is 0.877. The average molecular weight is 170 g/mol. The molecule has 0 aromatic rings. The summed E-state index contributed by atoms with van der Waals surface area (Å²) >= 11 is 1.38. The van der Waals surface area contributed by atoms with E-state index in [2.05, 4.69) is 11.6 Å². The summed E-state index contributed by atoms with van der Waals surface area (Å²) in [6, 6.07) is 0. The maximum atomic E-state index is 10.3. The SMILES string of the molecule is C=C(N=C(C=O)/C=C\N)SC. The molecule has 0 saturated heterocycles. The summed E-state index contributed by atoms with van der Waals surface area (Å²) in [6.07, 6.45) is 5.15. The van der Waals surface area contributed by atoms with Crippen molar-refractivity contribution in [1.29, 1.82) is 0 Å². The number of rotatable bonds is 4. The number of aldehydes is 1. The second kappa shape index (κ2) is 5.73. The van der Waals surface area contributed by atoms with Crippen molar-refractivity contribution in [3.63, 3.8) is 0 Å². The van der Waals surface area contributed by atoms with Crippen LogP contribution in [0.3, 0.4) is 0 Å². The molecule has 0 unspecified atom stereocenters. The molecule has 0 fully saturated rings. The van der Waals surface area contributed by atoms with Crippen LogP contribution in [0.2, 0.25) is 0 Å². The first-order chi connectivity index (χ1) is 5.24. The van der Waals surface area contributed by atoms with Crippen molar-refractivity contribution in [2.75, 3.05) is 6.26 Å². The summed E-state index contributed by atoms with van der Waals surface area (Å²) < 4.78 is 0. The minimum absolute atomic E-state index is 0.284. The molecule has 0 aliphatic carbocycles. The number of thioether (sulfide) groups is 1. The number of aliphatic imine (C=N–C) groups is 1. The molecule has 0 aromatic carbocycles. The summed E-state index contributed by atoms with van der Waals surface area (Å²) in [7, 11) is 0. The first-order valence-corrected chi connectivity index (χ1v) is 4.12. The molecule has 4 heteroatoms. The number of hydrogen-bond donors (Lipinski definition) is 1. The molecule has 11 heavy (non-hydrogen) atoms. The highest BCUT2D eigenvalue weighted by atomic mass is 32.2. The summed E-state index contributed by atoms with van der Waals surface area (Å²) in [4.78, 5) is 14.1. The molecule has 0 rings (SSSR count). The van der Waals surface area contributed by atoms with Crippen molar-refractivity contribution in [1.82, 2.24) is 0 Å². The molecule has 0 bridgehead atoms. The molecule has 2 N–H and O–H groups in total. The lowest BCUT2D eigenvalue weighted by Crippen LogP contribution is -1.96. The van der Waals surface area contributed by atoms with Gasteiger partial charge >= 0.3 is 0 Å². The molecule has 0 aliphatic rings. The van der Waals surface area contributed by atoms with Crippen molar-refractivity contribution < 1.29 is 4.79 Å². The Balaban J connectivity index is 4.34. The maximum absolute atomic E-state index is 10.3. The van der Waals surface area contributed by atoms with E-state index in [1.807, 2.05) is 6.26 Å². The van der Waals surface area contributed by atoms with Crippen LogP contribution in [0.1, 0.15) is 0 Å². The van der Waals surface area contributed by atoms with E-state index in [1.165, 1.54) is 24.0 Å². The molecular formula is C7H10N2OS. The first-order valence-electron chi connectivity index (χ1n) is 2.89. The van der Waals surface area contributed by atoms with Gasteiger partial charge in [-0.3, -0.25) is 4.79 Å². The highest BCUT2D eigenvalue weighted by Gasteiger charge is 1.91. The summed E-state index contributed by atoms with van der Waals surface area (Å²) in [6.45, 7) is 3.59. The molecule has 0 aromatic heterocycles. The standard InChI is InChI=1S/C7H10N2OS/c1-6(11-2)9-7(5-10)3-4-8/h3-5H,1,8H2,2H3/b4-3-,9-7?. The van der Waals surface area contributed by atoms with Gasteiger partial charge in [0.05, 0.1) is 5.03 Å². The van der Waals surface area contributed by atoms with Crippen LogP contribution in [0, 0.1) is 0 Å². The third-order valence-corrected chi connectivity index (χ3v) is 1.44. The number of carbonyl (C=O) groups excluding carboxylic acids is 1. The van der Waals surface area contributed by atoms with Crippen molar-refractivity contribution in [2.45, 2.75) is 0 Å². The highest BCUT2D eigenvalue weighted by molar-refractivity contribution is 8.02. The highest BCUT2D eigenvalue weighted by Crippen LogP contribution is 2.09. The largest absolute Gasteiger partial charge is 0.405 e. The fraction of sp³-hybridized carbons (Fsp3) is 0.143. The van der Waals surface area contributed by atoms with Gasteiger partial charge in [-0.15, -0.1) is 11.8 Å². The molecule has 0 saturated carbocycles. The Morgan fingerprint density at radius 2 is 2.36 bits per heavy atom. The van der Waals surface area contributed by atoms with E-state index in [0.29, 0.717) is 11.3 Å². The van der Waals surface area contributed by atoms with Gasteiger partial charge in [-0.25, -0.2) is 4.99 Å². The third kappa shape index (κ3) is 4.38. The maximum Gasteiger partial charge on any atom is 0.168 e. The minimum atomic E-state index is 0.284. The normalized spacial score (nSPS) is 11.9. The van der Waals surface area contributed by atoms with E-state index < -0.39 is 0 Å². The molecule has 0 aliphatic heterocycles. The topological polar surface area (TPSA) is 55.5 Å². The van der Waals surface area contributed by atoms with Gasteiger partial charge in [0.1, 0.15) is 5.71 Å². The monoisotopic (exact) mass is 170 g/mol. The lowest BCUT2D eigenvalue weighted by molar-refractivity contribution is -0.102. The Labute approximate surface area is 70.1 Å². The molecular weight excluding hydrogens is 160 g/mol. The van der Waals surface area contributed by atoms with Crippen LogP contribution in [0.25, 0.3) is 0 Å². The van der Waals surface area contributed by atoms with Crippen LogP contribution in [-0.4, -0.2) is 18.3 Å². The van der Waals surface area contributed by atoms with E-state index in [9.17, 15) is 4.79 Å². The van der Waals surface area contributed by atoms with Gasteiger partial charge in [0.2, 0.25) is 0 Å². The Kier molecular flexibility index (Phi) is 5.20. The lowest BCUT2D eigenvalue weighted by atomic mass is 10.4. The van der Waals surface area contributed by atoms with Gasteiger partial charge in [0.25, 0.3) is 0 Å². The lowest BCUT2D eigenvalue weighted by Gasteiger charge is -1.92. The van der Waals surface area contributed by atoms with Crippen molar-refractivity contribution in [3.05, 3.63) is 23.9 Å². The molecule has 0 amide bonds. The molecule has 3 nitrogen and oxygen atoms in total. The number of nitrogens with zero attached hydrogens (tertiary/aromatic N) is 1. The van der Waals surface area contributed by atoms with Crippen LogP contribution in [0.15, 0.2) is 28.9 Å². The van der Waals surface area contributed by atoms with Gasteiger partial charge in [-0.1, -0.05) is 6.58 Å². The van der Waals surface area contributed by atoms with Gasteiger partial charge < -0.3 is 5.73 Å².